The Balaban J connectivity index is 2.18. The molecule has 0 unspecified atom stereocenters. The number of nitrogens with one attached hydrogen (secondary N) is 2. The van der Waals surface area contributed by atoms with Gasteiger partial charge < -0.3 is 40.5 Å². The Morgan fingerprint density at radius 1 is 0.676 bits per heavy atom. The minimum atomic E-state index is -1.84. The highest BCUT2D eigenvalue weighted by molar-refractivity contribution is 5.83. The lowest BCUT2D eigenvalue weighted by Gasteiger charge is -2.30. The second kappa shape index (κ2) is 15.1. The first-order valence-corrected chi connectivity index (χ1v) is 10.9. The van der Waals surface area contributed by atoms with Crippen molar-refractivity contribution in [3.63, 3.8) is 0 Å². The van der Waals surface area contributed by atoms with Gasteiger partial charge in [0.25, 0.3) is 11.8 Å². The lowest BCUT2D eigenvalue weighted by molar-refractivity contribution is -0.170. The molecule has 0 heterocycles. The van der Waals surface area contributed by atoms with E-state index >= 15 is 0 Å². The Morgan fingerprint density at radius 2 is 1.03 bits per heavy atom. The van der Waals surface area contributed by atoms with Gasteiger partial charge in [-0.2, -0.15) is 0 Å². The zero-order valence-electron chi connectivity index (χ0n) is 18.7. The van der Waals surface area contributed by atoms with Gasteiger partial charge in [0, 0.05) is 13.1 Å². The molecule has 10 nitrogen and oxygen atoms in total. The lowest BCUT2D eigenvalue weighted by atomic mass is 10.0. The number of aliphatic hydroxyl groups excluding tert-OH is 4. The summed E-state index contributed by atoms with van der Waals surface area (Å²) < 4.78 is 11.2. The summed E-state index contributed by atoms with van der Waals surface area (Å²) in [5.41, 5.74) is 1.45. The second-order valence-corrected chi connectivity index (χ2v) is 7.44. The molecule has 2 rings (SSSR count). The number of carbonyl (C=O) groups excluding carboxylic acids is 2. The molecule has 0 saturated carbocycles. The van der Waals surface area contributed by atoms with E-state index in [1.165, 1.54) is 0 Å². The maximum Gasteiger partial charge on any atom is 0.252 e. The minimum absolute atomic E-state index is 0.0475. The summed E-state index contributed by atoms with van der Waals surface area (Å²) in [4.78, 5) is 25.2. The lowest BCUT2D eigenvalue weighted by Crippen LogP contribution is -2.56. The van der Waals surface area contributed by atoms with Crippen LogP contribution in [-0.4, -0.2) is 83.0 Å². The smallest absolute Gasteiger partial charge is 0.252 e. The molecular formula is C24H32N2O8. The van der Waals surface area contributed by atoms with Gasteiger partial charge in [0.15, 0.2) is 12.2 Å². The molecule has 0 aliphatic carbocycles. The van der Waals surface area contributed by atoms with Gasteiger partial charge in [-0.1, -0.05) is 60.7 Å². The number of hydrogen-bond donors (Lipinski definition) is 6. The number of benzene rings is 2. The molecule has 10 heteroatoms. The Hall–Kier alpha value is -2.86. The SMILES string of the molecule is O=C(NCCO)[C@H](OCc1ccccc1)[C@H](O)[C@@H](O)[C@@H](OCc1ccccc1)C(=O)NCCO. The summed E-state index contributed by atoms with van der Waals surface area (Å²) in [6.45, 7) is -0.929. The molecule has 4 atom stereocenters. The molecule has 2 amide bonds. The summed E-state index contributed by atoms with van der Waals surface area (Å²) in [7, 11) is 0. The molecule has 0 bridgehead atoms. The van der Waals surface area contributed by atoms with Crippen molar-refractivity contribution in [1.82, 2.24) is 10.6 Å². The van der Waals surface area contributed by atoms with Crippen molar-refractivity contribution in [2.24, 2.45) is 0 Å². The highest BCUT2D eigenvalue weighted by Gasteiger charge is 2.40. The largest absolute Gasteiger partial charge is 0.395 e. The van der Waals surface area contributed by atoms with Crippen LogP contribution in [0.1, 0.15) is 11.1 Å². The fourth-order valence-electron chi connectivity index (χ4n) is 3.10. The van der Waals surface area contributed by atoms with Crippen LogP contribution in [0.25, 0.3) is 0 Å². The van der Waals surface area contributed by atoms with Crippen LogP contribution in [0.3, 0.4) is 0 Å². The number of amides is 2. The number of rotatable bonds is 15. The molecule has 2 aromatic rings. The highest BCUT2D eigenvalue weighted by atomic mass is 16.5. The molecular weight excluding hydrogens is 444 g/mol. The van der Waals surface area contributed by atoms with Crippen molar-refractivity contribution in [3.05, 3.63) is 71.8 Å². The Bertz CT molecular complexity index is 781. The molecule has 6 N–H and O–H groups in total. The molecule has 34 heavy (non-hydrogen) atoms. The van der Waals surface area contributed by atoms with Crippen LogP contribution < -0.4 is 10.6 Å². The van der Waals surface area contributed by atoms with Gasteiger partial charge in [0.1, 0.15) is 12.2 Å². The van der Waals surface area contributed by atoms with Crippen LogP contribution >= 0.6 is 0 Å². The third-order valence-corrected chi connectivity index (χ3v) is 4.85. The quantitative estimate of drug-likeness (QED) is 0.193. The number of carbonyl (C=O) groups is 2. The van der Waals surface area contributed by atoms with Crippen LogP contribution in [0.2, 0.25) is 0 Å². The van der Waals surface area contributed by atoms with Crippen molar-refractivity contribution in [2.45, 2.75) is 37.6 Å². The molecule has 0 fully saturated rings. The van der Waals surface area contributed by atoms with Crippen molar-refractivity contribution in [2.75, 3.05) is 26.3 Å². The van der Waals surface area contributed by atoms with Crippen LogP contribution in [0.4, 0.5) is 0 Å². The monoisotopic (exact) mass is 476 g/mol. The molecule has 2 aromatic carbocycles. The van der Waals surface area contributed by atoms with Gasteiger partial charge in [-0.3, -0.25) is 9.59 Å². The molecule has 0 spiro atoms. The van der Waals surface area contributed by atoms with Crippen LogP contribution in [0, 0.1) is 0 Å². The van der Waals surface area contributed by atoms with E-state index in [-0.39, 0.29) is 39.5 Å². The van der Waals surface area contributed by atoms with Gasteiger partial charge in [0.2, 0.25) is 0 Å². The average molecular weight is 477 g/mol. The van der Waals surface area contributed by atoms with Gasteiger partial charge >= 0.3 is 0 Å². The predicted octanol–water partition coefficient (Wildman–Crippen LogP) is -0.904. The van der Waals surface area contributed by atoms with E-state index in [9.17, 15) is 19.8 Å². The molecule has 0 aliphatic rings. The summed E-state index contributed by atoms with van der Waals surface area (Å²) in [6.07, 6.45) is -6.81. The molecule has 0 aromatic heterocycles. The fourth-order valence-corrected chi connectivity index (χ4v) is 3.10. The Kier molecular flexibility index (Phi) is 12.2. The van der Waals surface area contributed by atoms with E-state index < -0.39 is 36.2 Å². The molecule has 0 aliphatic heterocycles. The zero-order valence-corrected chi connectivity index (χ0v) is 18.7. The van der Waals surface area contributed by atoms with Gasteiger partial charge in [-0.05, 0) is 11.1 Å². The van der Waals surface area contributed by atoms with Crippen molar-refractivity contribution in [1.29, 1.82) is 0 Å². The summed E-state index contributed by atoms with van der Waals surface area (Å²) in [6, 6.07) is 17.8. The van der Waals surface area contributed by atoms with E-state index in [0.717, 1.165) is 11.1 Å². The van der Waals surface area contributed by atoms with Crippen molar-refractivity contribution in [3.8, 4) is 0 Å². The molecule has 0 radical (unpaired) electrons. The maximum absolute atomic E-state index is 12.6. The standard InChI is InChI=1S/C24H32N2O8/c27-13-11-25-23(31)21(33-15-17-7-3-1-4-8-17)19(29)20(30)22(24(32)26-12-14-28)34-16-18-9-5-2-6-10-18/h1-10,19-22,27-30H,11-16H2,(H,25,31)(H,26,32)/t19-,20-,21-,22-/m1/s1. The highest BCUT2D eigenvalue weighted by Crippen LogP contribution is 2.16. The number of hydrogen-bond acceptors (Lipinski definition) is 8. The topological polar surface area (TPSA) is 158 Å². The van der Waals surface area contributed by atoms with E-state index in [1.807, 2.05) is 12.1 Å². The van der Waals surface area contributed by atoms with Gasteiger partial charge in [-0.15, -0.1) is 0 Å². The third-order valence-electron chi connectivity index (χ3n) is 4.85. The molecule has 0 saturated heterocycles. The Morgan fingerprint density at radius 3 is 1.35 bits per heavy atom. The summed E-state index contributed by atoms with van der Waals surface area (Å²) >= 11 is 0. The zero-order chi connectivity index (χ0) is 24.8. The first kappa shape index (κ1) is 27.4. The van der Waals surface area contributed by atoms with Crippen molar-refractivity contribution >= 4 is 11.8 Å². The van der Waals surface area contributed by atoms with E-state index in [2.05, 4.69) is 10.6 Å². The number of ether oxygens (including phenoxy) is 2. The van der Waals surface area contributed by atoms with Gasteiger partial charge in [0.05, 0.1) is 26.4 Å². The van der Waals surface area contributed by atoms with Gasteiger partial charge in [-0.25, -0.2) is 0 Å². The van der Waals surface area contributed by atoms with E-state index in [1.54, 1.807) is 48.5 Å². The fraction of sp³-hybridized carbons (Fsp3) is 0.417. The van der Waals surface area contributed by atoms with E-state index in [4.69, 9.17) is 19.7 Å². The third kappa shape index (κ3) is 8.82. The minimum Gasteiger partial charge on any atom is -0.395 e. The average Bonchev–Trinajstić information content (AvgIpc) is 2.87. The van der Waals surface area contributed by atoms with Crippen molar-refractivity contribution < 1.29 is 39.5 Å². The first-order valence-electron chi connectivity index (χ1n) is 10.9. The first-order chi connectivity index (χ1) is 16.5. The Labute approximate surface area is 198 Å². The van der Waals surface area contributed by atoms with Crippen LogP contribution in [-0.2, 0) is 32.3 Å². The maximum atomic E-state index is 12.6. The normalized spacial score (nSPS) is 14.6. The van der Waals surface area contributed by atoms with E-state index in [0.29, 0.717) is 0 Å². The summed E-state index contributed by atoms with van der Waals surface area (Å²) in [5.74, 6) is -1.54. The number of aliphatic hydroxyl groups is 4. The van der Waals surface area contributed by atoms with Crippen LogP contribution in [0.5, 0.6) is 0 Å². The summed E-state index contributed by atoms with van der Waals surface area (Å²) in [5, 5.41) is 44.6. The molecule has 186 valence electrons. The predicted molar refractivity (Wildman–Crippen MR) is 122 cm³/mol. The van der Waals surface area contributed by atoms with Crippen LogP contribution in [0.15, 0.2) is 60.7 Å². The second-order valence-electron chi connectivity index (χ2n) is 7.44.